The summed E-state index contributed by atoms with van der Waals surface area (Å²) in [5.41, 5.74) is 2.92. The number of nitriles is 1. The lowest BCUT2D eigenvalue weighted by atomic mass is 9.95. The van der Waals surface area contributed by atoms with Gasteiger partial charge in [-0.25, -0.2) is 4.98 Å². The Morgan fingerprint density at radius 3 is 2.15 bits per heavy atom. The number of allylic oxidation sites excluding steroid dienone is 1. The quantitative estimate of drug-likeness (QED) is 0.720. The molecule has 26 heavy (non-hydrogen) atoms. The zero-order chi connectivity index (χ0) is 18.6. The van der Waals surface area contributed by atoms with Gasteiger partial charge in [0.2, 0.25) is 0 Å². The van der Waals surface area contributed by atoms with Gasteiger partial charge in [-0.3, -0.25) is 0 Å². The number of aromatic amines is 1. The summed E-state index contributed by atoms with van der Waals surface area (Å²) in [5, 5.41) is 8.94. The highest BCUT2D eigenvalue weighted by molar-refractivity contribution is 5.80. The number of hydrogen-bond donors (Lipinski definition) is 1. The number of hydrogen-bond acceptors (Lipinski definition) is 2. The van der Waals surface area contributed by atoms with Crippen molar-refractivity contribution in [3.05, 3.63) is 95.1 Å². The van der Waals surface area contributed by atoms with Gasteiger partial charge in [0.1, 0.15) is 0 Å². The summed E-state index contributed by atoms with van der Waals surface area (Å²) in [6.07, 6.45) is 1.41. The monoisotopic (exact) mass is 353 g/mol. The van der Waals surface area contributed by atoms with Crippen LogP contribution >= 0.6 is 0 Å². The van der Waals surface area contributed by atoms with E-state index in [9.17, 15) is 13.2 Å². The first-order valence-electron chi connectivity index (χ1n) is 7.83. The van der Waals surface area contributed by atoms with Gasteiger partial charge in [0, 0.05) is 12.6 Å². The Hall–Kier alpha value is -3.33. The molecule has 0 aliphatic heterocycles. The third kappa shape index (κ3) is 4.01. The summed E-state index contributed by atoms with van der Waals surface area (Å²) >= 11 is 0. The molecule has 0 saturated heterocycles. The van der Waals surface area contributed by atoms with Gasteiger partial charge in [0.15, 0.2) is 0 Å². The number of nitrogens with zero attached hydrogens (tertiary/aromatic N) is 2. The van der Waals surface area contributed by atoms with E-state index in [1.165, 1.54) is 12.1 Å². The highest BCUT2D eigenvalue weighted by Crippen LogP contribution is 2.31. The lowest BCUT2D eigenvalue weighted by Crippen LogP contribution is -2.04. The topological polar surface area (TPSA) is 52.5 Å². The summed E-state index contributed by atoms with van der Waals surface area (Å²) in [7, 11) is 0. The molecule has 3 nitrogen and oxygen atoms in total. The van der Waals surface area contributed by atoms with Crippen molar-refractivity contribution in [1.82, 2.24) is 9.97 Å². The molecule has 0 bridgehead atoms. The molecular formula is C20H14F3N3. The van der Waals surface area contributed by atoms with Gasteiger partial charge in [0.25, 0.3) is 0 Å². The summed E-state index contributed by atoms with van der Waals surface area (Å²) in [5.74, 6) is 0. The van der Waals surface area contributed by atoms with Crippen LogP contribution in [0.25, 0.3) is 5.57 Å². The second-order valence-corrected chi connectivity index (χ2v) is 5.65. The Bertz CT molecular complexity index is 930. The predicted molar refractivity (Wildman–Crippen MR) is 92.0 cm³/mol. The molecule has 1 N–H and O–H groups in total. The largest absolute Gasteiger partial charge is 0.416 e. The molecule has 0 amide bonds. The van der Waals surface area contributed by atoms with E-state index >= 15 is 0 Å². The fourth-order valence-corrected chi connectivity index (χ4v) is 2.57. The molecule has 0 radical (unpaired) electrons. The van der Waals surface area contributed by atoms with Crippen molar-refractivity contribution < 1.29 is 13.2 Å². The Morgan fingerprint density at radius 2 is 1.65 bits per heavy atom. The lowest BCUT2D eigenvalue weighted by Gasteiger charge is -2.11. The van der Waals surface area contributed by atoms with Gasteiger partial charge in [-0.05, 0) is 41.0 Å². The van der Waals surface area contributed by atoms with E-state index in [0.717, 1.165) is 29.0 Å². The third-order valence-electron chi connectivity index (χ3n) is 3.92. The minimum absolute atomic E-state index is 0.521. The molecule has 3 rings (SSSR count). The van der Waals surface area contributed by atoms with Crippen LogP contribution in [-0.4, -0.2) is 9.97 Å². The van der Waals surface area contributed by atoms with Crippen LogP contribution < -0.4 is 0 Å². The van der Waals surface area contributed by atoms with Crippen molar-refractivity contribution in [2.75, 3.05) is 0 Å². The highest BCUT2D eigenvalue weighted by atomic mass is 19.4. The molecule has 130 valence electrons. The van der Waals surface area contributed by atoms with E-state index in [-0.39, 0.29) is 0 Å². The molecule has 2 aromatic carbocycles. The highest BCUT2D eigenvalue weighted by Gasteiger charge is 2.30. The van der Waals surface area contributed by atoms with Crippen molar-refractivity contribution >= 4 is 5.57 Å². The van der Waals surface area contributed by atoms with Crippen molar-refractivity contribution in [2.24, 2.45) is 0 Å². The first-order valence-corrected chi connectivity index (χ1v) is 7.83. The normalized spacial score (nSPS) is 12.0. The molecule has 1 aromatic heterocycles. The molecule has 3 aromatic rings. The van der Waals surface area contributed by atoms with Crippen LogP contribution in [0.1, 0.15) is 27.9 Å². The number of imidazole rings is 1. The van der Waals surface area contributed by atoms with Crippen LogP contribution in [0.15, 0.2) is 67.1 Å². The van der Waals surface area contributed by atoms with Gasteiger partial charge in [-0.15, -0.1) is 0 Å². The van der Waals surface area contributed by atoms with E-state index in [0.29, 0.717) is 17.5 Å². The van der Waals surface area contributed by atoms with Crippen molar-refractivity contribution in [3.63, 3.8) is 0 Å². The Morgan fingerprint density at radius 1 is 1.04 bits per heavy atom. The number of rotatable bonds is 4. The smallest absolute Gasteiger partial charge is 0.351 e. The van der Waals surface area contributed by atoms with E-state index in [2.05, 4.69) is 16.0 Å². The van der Waals surface area contributed by atoms with E-state index in [1.807, 2.05) is 6.08 Å². The third-order valence-corrected chi connectivity index (χ3v) is 3.92. The van der Waals surface area contributed by atoms with Gasteiger partial charge >= 0.3 is 6.18 Å². The van der Waals surface area contributed by atoms with Crippen LogP contribution in [0.5, 0.6) is 0 Å². The van der Waals surface area contributed by atoms with Crippen molar-refractivity contribution in [1.29, 1.82) is 5.26 Å². The van der Waals surface area contributed by atoms with Crippen molar-refractivity contribution in [2.45, 2.75) is 12.6 Å². The number of benzene rings is 2. The van der Waals surface area contributed by atoms with Gasteiger partial charge in [-0.2, -0.15) is 18.4 Å². The Kier molecular flexibility index (Phi) is 4.90. The summed E-state index contributed by atoms with van der Waals surface area (Å²) in [6, 6.07) is 14.0. The average Bonchev–Trinajstić information content (AvgIpc) is 3.16. The Labute approximate surface area is 148 Å². The first kappa shape index (κ1) is 17.5. The number of aromatic nitrogens is 2. The number of H-pyrrole nitrogens is 1. The standard InChI is InChI=1S/C20H14F3N3/c21-20(22,23)17-7-5-16(6-8-17)19(10-9-18-12-25-13-26-18)15-3-1-14(11-24)2-4-15/h1-8,10,12-13H,9H2,(H,25,26). The van der Waals surface area contributed by atoms with Crippen LogP contribution in [0.4, 0.5) is 13.2 Å². The zero-order valence-electron chi connectivity index (χ0n) is 13.6. The number of alkyl halides is 3. The van der Waals surface area contributed by atoms with Crippen molar-refractivity contribution in [3.8, 4) is 6.07 Å². The van der Waals surface area contributed by atoms with Crippen LogP contribution in [0.2, 0.25) is 0 Å². The van der Waals surface area contributed by atoms with Crippen LogP contribution in [0, 0.1) is 11.3 Å². The fraction of sp³-hybridized carbons (Fsp3) is 0.100. The minimum atomic E-state index is -4.37. The summed E-state index contributed by atoms with van der Waals surface area (Å²) in [4.78, 5) is 7.03. The molecule has 1 heterocycles. The molecular weight excluding hydrogens is 339 g/mol. The van der Waals surface area contributed by atoms with Gasteiger partial charge in [0.05, 0.1) is 29.2 Å². The van der Waals surface area contributed by atoms with Gasteiger partial charge < -0.3 is 4.98 Å². The molecule has 0 aliphatic carbocycles. The maximum atomic E-state index is 12.8. The number of nitrogens with one attached hydrogen (secondary N) is 1. The minimum Gasteiger partial charge on any atom is -0.351 e. The van der Waals surface area contributed by atoms with E-state index < -0.39 is 11.7 Å². The first-order chi connectivity index (χ1) is 12.5. The average molecular weight is 353 g/mol. The van der Waals surface area contributed by atoms with E-state index in [1.54, 1.807) is 36.8 Å². The second kappa shape index (κ2) is 7.28. The zero-order valence-corrected chi connectivity index (χ0v) is 13.6. The maximum Gasteiger partial charge on any atom is 0.416 e. The molecule has 0 aliphatic rings. The Balaban J connectivity index is 1.99. The SMILES string of the molecule is N#Cc1ccc(C(=CCc2c[nH]cn2)c2ccc(C(F)(F)F)cc2)cc1. The van der Waals surface area contributed by atoms with Gasteiger partial charge in [-0.1, -0.05) is 30.3 Å². The molecule has 0 saturated carbocycles. The summed E-state index contributed by atoms with van der Waals surface area (Å²) < 4.78 is 38.4. The molecule has 0 unspecified atom stereocenters. The molecule has 6 heteroatoms. The van der Waals surface area contributed by atoms with Crippen LogP contribution in [-0.2, 0) is 12.6 Å². The molecule has 0 spiro atoms. The second-order valence-electron chi connectivity index (χ2n) is 5.65. The van der Waals surface area contributed by atoms with E-state index in [4.69, 9.17) is 5.26 Å². The maximum absolute atomic E-state index is 12.8. The molecule has 0 fully saturated rings. The predicted octanol–water partition coefficient (Wildman–Crippen LogP) is 4.97. The number of halogens is 3. The molecule has 0 atom stereocenters. The summed E-state index contributed by atoms with van der Waals surface area (Å²) in [6.45, 7) is 0. The lowest BCUT2D eigenvalue weighted by molar-refractivity contribution is -0.137. The fourth-order valence-electron chi connectivity index (χ4n) is 2.57. The van der Waals surface area contributed by atoms with Crippen LogP contribution in [0.3, 0.4) is 0 Å².